The average molecular weight is 833 g/mol. The summed E-state index contributed by atoms with van der Waals surface area (Å²) in [5.74, 6) is 0.833. The minimum Gasteiger partial charge on any atom is -0.381 e. The minimum atomic E-state index is 0.722. The largest absolute Gasteiger partial charge is 0.381 e. The van der Waals surface area contributed by atoms with Crippen LogP contribution >= 0.6 is 0 Å². The molecule has 0 aromatic heterocycles. The van der Waals surface area contributed by atoms with Gasteiger partial charge >= 0.3 is 0 Å². The van der Waals surface area contributed by atoms with Crippen LogP contribution in [-0.4, -0.2) is 6.54 Å². The summed E-state index contributed by atoms with van der Waals surface area (Å²) >= 11 is 0. The molecule has 5 aromatic rings. The summed E-state index contributed by atoms with van der Waals surface area (Å²) in [6.45, 7) is 31.1. The molecule has 0 heterocycles. The van der Waals surface area contributed by atoms with Gasteiger partial charge in [-0.3, -0.25) is 0 Å². The fourth-order valence-corrected chi connectivity index (χ4v) is 6.98. The Morgan fingerprint density at radius 2 is 1.19 bits per heavy atom. The van der Waals surface area contributed by atoms with Crippen LogP contribution in [0.3, 0.4) is 0 Å². The van der Waals surface area contributed by atoms with Crippen molar-refractivity contribution in [3.63, 3.8) is 0 Å². The lowest BCUT2D eigenvalue weighted by Gasteiger charge is -2.21. The van der Waals surface area contributed by atoms with Gasteiger partial charge in [-0.2, -0.15) is 0 Å². The van der Waals surface area contributed by atoms with Crippen LogP contribution in [0.25, 0.3) is 27.8 Å². The third-order valence-electron chi connectivity index (χ3n) is 9.88. The van der Waals surface area contributed by atoms with E-state index in [1.54, 1.807) is 0 Å². The van der Waals surface area contributed by atoms with Crippen molar-refractivity contribution in [1.82, 2.24) is 5.32 Å². The molecule has 2 N–H and O–H groups in total. The van der Waals surface area contributed by atoms with E-state index in [9.17, 15) is 0 Å². The molecular weight excluding hydrogens is 761 g/mol. The fourth-order valence-electron chi connectivity index (χ4n) is 6.98. The lowest BCUT2D eigenvalue weighted by molar-refractivity contribution is 0.737. The van der Waals surface area contributed by atoms with E-state index in [4.69, 9.17) is 0 Å². The smallest absolute Gasteiger partial charge is 0.0418 e. The first kappa shape index (κ1) is 50.7. The zero-order chi connectivity index (χ0) is 46.0. The van der Waals surface area contributed by atoms with Crippen LogP contribution in [0.15, 0.2) is 224 Å². The molecule has 5 aromatic carbocycles. The predicted molar refractivity (Wildman–Crippen MR) is 282 cm³/mol. The van der Waals surface area contributed by atoms with Gasteiger partial charge in [0.2, 0.25) is 0 Å². The van der Waals surface area contributed by atoms with Crippen molar-refractivity contribution in [1.29, 1.82) is 0 Å². The van der Waals surface area contributed by atoms with Crippen molar-refractivity contribution in [2.75, 3.05) is 11.9 Å². The Bertz CT molecular complexity index is 2310. The zero-order valence-electron chi connectivity index (χ0n) is 39.6. The summed E-state index contributed by atoms with van der Waals surface area (Å²) in [7, 11) is 0. The second-order valence-electron chi connectivity index (χ2n) is 15.7. The van der Waals surface area contributed by atoms with Gasteiger partial charge in [0.25, 0.3) is 0 Å². The molecule has 0 saturated carbocycles. The lowest BCUT2D eigenvalue weighted by Crippen LogP contribution is -2.13. The van der Waals surface area contributed by atoms with Crippen LogP contribution in [0.1, 0.15) is 96.0 Å². The Hall–Kier alpha value is -6.64. The molecule has 0 saturated heterocycles. The van der Waals surface area contributed by atoms with E-state index in [0.717, 1.165) is 47.8 Å². The van der Waals surface area contributed by atoms with Gasteiger partial charge in [-0.05, 0) is 126 Å². The summed E-state index contributed by atoms with van der Waals surface area (Å²) in [4.78, 5) is 0. The number of rotatable bonds is 14. The Kier molecular flexibility index (Phi) is 22.6. The standard InChI is InChI=1S/C40H35N.C15H21N.C4H10.C2H6/c1-29-17-19-31(20-18-29)32-21-25-36(26-22-32)41-37-27-23-33(24-28-37)39-16-10-9-15-38(39)30(2)40(34-11-5-3-6-12-34)35-13-7-4-8-14-35;1-6-10-13(5)14(9-4)15(11-7-2)16-12-8-3;1-4(2)3;1-2/h3-23,25-27,41H,24,28H2,1-2H3;6-11,16H,3-5,12H2,1-2H3;4H,1-3H3;1-2H3/b;10-6-,11-7-,15-14-;;. The summed E-state index contributed by atoms with van der Waals surface area (Å²) in [5.41, 5.74) is 18.1. The van der Waals surface area contributed by atoms with E-state index in [1.807, 2.05) is 64.2 Å². The molecule has 0 bridgehead atoms. The Morgan fingerprint density at radius 1 is 0.667 bits per heavy atom. The minimum absolute atomic E-state index is 0.722. The topological polar surface area (TPSA) is 24.1 Å². The first-order valence-electron chi connectivity index (χ1n) is 22.5. The van der Waals surface area contributed by atoms with Gasteiger partial charge in [0, 0.05) is 29.2 Å². The molecule has 1 aliphatic carbocycles. The van der Waals surface area contributed by atoms with Crippen molar-refractivity contribution in [2.45, 2.75) is 75.2 Å². The maximum Gasteiger partial charge on any atom is 0.0418 e. The maximum absolute atomic E-state index is 4.01. The summed E-state index contributed by atoms with van der Waals surface area (Å²) in [6.07, 6.45) is 18.1. The fraction of sp³-hybridized carbons (Fsp3) is 0.213. The highest BCUT2D eigenvalue weighted by Crippen LogP contribution is 2.37. The second kappa shape index (κ2) is 28.1. The van der Waals surface area contributed by atoms with Crippen molar-refractivity contribution in [3.8, 4) is 11.1 Å². The van der Waals surface area contributed by atoms with Gasteiger partial charge in [0.15, 0.2) is 0 Å². The molecule has 0 amide bonds. The Morgan fingerprint density at radius 3 is 1.68 bits per heavy atom. The highest BCUT2D eigenvalue weighted by atomic mass is 14.9. The normalized spacial score (nSPS) is 12.2. The van der Waals surface area contributed by atoms with Gasteiger partial charge in [-0.25, -0.2) is 0 Å². The van der Waals surface area contributed by atoms with Crippen LogP contribution < -0.4 is 10.6 Å². The molecule has 326 valence electrons. The van der Waals surface area contributed by atoms with Crippen LogP contribution in [-0.2, 0) is 0 Å². The Labute approximate surface area is 382 Å². The maximum atomic E-state index is 4.01. The van der Waals surface area contributed by atoms with Crippen LogP contribution in [0.4, 0.5) is 5.69 Å². The Balaban J connectivity index is 0.000000403. The van der Waals surface area contributed by atoms with Crippen molar-refractivity contribution in [3.05, 3.63) is 252 Å². The van der Waals surface area contributed by atoms with Gasteiger partial charge in [-0.1, -0.05) is 211 Å². The van der Waals surface area contributed by atoms with E-state index in [0.29, 0.717) is 0 Å². The van der Waals surface area contributed by atoms with E-state index in [2.05, 4.69) is 211 Å². The number of nitrogens with one attached hydrogen (secondary N) is 2. The number of allylic oxidation sites excluding steroid dienone is 12. The molecule has 0 atom stereocenters. The summed E-state index contributed by atoms with van der Waals surface area (Å²) in [5, 5.41) is 6.92. The SMILES string of the molecule is C=CCNC(/C=C\C)=C(/C=C)C(=C)/C=C\C.CC.CC(=C(c1ccccc1)c1ccccc1)c1ccccc1C1=CC=C(Nc2ccc(-c3ccc(C)cc3)cc2)CC1.CC(C)C. The van der Waals surface area contributed by atoms with Gasteiger partial charge < -0.3 is 10.6 Å². The molecular formula is C61H72N2. The van der Waals surface area contributed by atoms with Crippen molar-refractivity contribution >= 4 is 22.4 Å². The molecule has 2 nitrogen and oxygen atoms in total. The number of hydrogen-bond acceptors (Lipinski definition) is 2. The highest BCUT2D eigenvalue weighted by Gasteiger charge is 2.17. The van der Waals surface area contributed by atoms with E-state index in [1.165, 1.54) is 61.4 Å². The first-order valence-corrected chi connectivity index (χ1v) is 22.5. The van der Waals surface area contributed by atoms with E-state index < -0.39 is 0 Å². The van der Waals surface area contributed by atoms with Crippen molar-refractivity contribution < 1.29 is 0 Å². The van der Waals surface area contributed by atoms with Crippen molar-refractivity contribution in [2.24, 2.45) is 5.92 Å². The van der Waals surface area contributed by atoms with Crippen LogP contribution in [0, 0.1) is 12.8 Å². The zero-order valence-corrected chi connectivity index (χ0v) is 39.6. The second-order valence-corrected chi connectivity index (χ2v) is 15.7. The van der Waals surface area contributed by atoms with Gasteiger partial charge in [-0.15, -0.1) is 6.58 Å². The molecule has 2 heteroatoms. The summed E-state index contributed by atoms with van der Waals surface area (Å²) in [6, 6.07) is 47.8. The van der Waals surface area contributed by atoms with Gasteiger partial charge in [0.05, 0.1) is 0 Å². The third kappa shape index (κ3) is 16.3. The summed E-state index contributed by atoms with van der Waals surface area (Å²) < 4.78 is 0. The van der Waals surface area contributed by atoms with E-state index in [-0.39, 0.29) is 0 Å². The average Bonchev–Trinajstić information content (AvgIpc) is 3.31. The van der Waals surface area contributed by atoms with Crippen LogP contribution in [0.5, 0.6) is 0 Å². The van der Waals surface area contributed by atoms with Gasteiger partial charge in [0.1, 0.15) is 0 Å². The molecule has 0 fully saturated rings. The number of aryl methyl sites for hydroxylation is 1. The molecule has 0 radical (unpaired) electrons. The van der Waals surface area contributed by atoms with Crippen LogP contribution in [0.2, 0.25) is 0 Å². The predicted octanol–water partition coefficient (Wildman–Crippen LogP) is 17.4. The number of benzene rings is 5. The molecule has 0 spiro atoms. The highest BCUT2D eigenvalue weighted by molar-refractivity contribution is 6.00. The quantitative estimate of drug-likeness (QED) is 0.0662. The lowest BCUT2D eigenvalue weighted by atomic mass is 9.85. The molecule has 0 aliphatic heterocycles. The number of hydrogen-bond donors (Lipinski definition) is 2. The molecule has 6 rings (SSSR count). The molecule has 63 heavy (non-hydrogen) atoms. The van der Waals surface area contributed by atoms with E-state index >= 15 is 0 Å². The third-order valence-corrected chi connectivity index (χ3v) is 9.88. The molecule has 1 aliphatic rings. The first-order chi connectivity index (χ1) is 30.6. The number of anilines is 1. The monoisotopic (exact) mass is 833 g/mol. The molecule has 0 unspecified atom stereocenters.